The van der Waals surface area contributed by atoms with E-state index in [-0.39, 0.29) is 0 Å². The third-order valence-electron chi connectivity index (χ3n) is 3.24. The highest BCUT2D eigenvalue weighted by Gasteiger charge is 2.11. The van der Waals surface area contributed by atoms with Gasteiger partial charge in [0.2, 0.25) is 0 Å². The fourth-order valence-electron chi connectivity index (χ4n) is 2.13. The second kappa shape index (κ2) is 5.34. The second-order valence-electron chi connectivity index (χ2n) is 4.63. The Hall–Kier alpha value is -1.72. The molecule has 102 valence electrons. The number of nitrogens with zero attached hydrogens (tertiary/aromatic N) is 2. The zero-order valence-electron chi connectivity index (χ0n) is 11.4. The van der Waals surface area contributed by atoms with Gasteiger partial charge in [0.15, 0.2) is 10.6 Å². The minimum atomic E-state index is 0.674. The van der Waals surface area contributed by atoms with Gasteiger partial charge in [0.25, 0.3) is 0 Å². The van der Waals surface area contributed by atoms with Crippen molar-refractivity contribution in [3.05, 3.63) is 46.7 Å². The van der Waals surface area contributed by atoms with E-state index in [1.807, 2.05) is 4.57 Å². The molecule has 2 heterocycles. The summed E-state index contributed by atoms with van der Waals surface area (Å²) in [4.78, 5) is 2.38. The summed E-state index contributed by atoms with van der Waals surface area (Å²) in [5.41, 5.74) is 2.52. The van der Waals surface area contributed by atoms with Crippen molar-refractivity contribution in [3.8, 4) is 21.1 Å². The fraction of sp³-hybridized carbons (Fsp3) is 0.200. The molecule has 0 aliphatic rings. The lowest BCUT2D eigenvalue weighted by atomic mass is 10.1. The molecule has 0 aliphatic carbocycles. The Morgan fingerprint density at radius 3 is 2.55 bits per heavy atom. The van der Waals surface area contributed by atoms with Gasteiger partial charge in [-0.1, -0.05) is 29.8 Å². The number of aryl methyl sites for hydroxylation is 1. The highest BCUT2D eigenvalue weighted by Crippen LogP contribution is 2.33. The summed E-state index contributed by atoms with van der Waals surface area (Å²) in [6.07, 6.45) is 0. The van der Waals surface area contributed by atoms with Gasteiger partial charge in [-0.3, -0.25) is 9.67 Å². The van der Waals surface area contributed by atoms with Crippen LogP contribution in [0.15, 0.2) is 36.4 Å². The number of rotatable bonds is 3. The minimum absolute atomic E-state index is 0.674. The first-order valence-corrected chi connectivity index (χ1v) is 7.74. The molecule has 1 N–H and O–H groups in total. The minimum Gasteiger partial charge on any atom is -0.300 e. The highest BCUT2D eigenvalue weighted by atomic mass is 32.1. The Morgan fingerprint density at radius 2 is 1.85 bits per heavy atom. The van der Waals surface area contributed by atoms with Gasteiger partial charge in [0, 0.05) is 11.4 Å². The lowest BCUT2D eigenvalue weighted by molar-refractivity contribution is 0.757. The molecule has 0 radical (unpaired) electrons. The van der Waals surface area contributed by atoms with Crippen LogP contribution in [0.3, 0.4) is 0 Å². The average Bonchev–Trinajstić information content (AvgIpc) is 3.06. The van der Waals surface area contributed by atoms with E-state index in [1.165, 1.54) is 16.0 Å². The van der Waals surface area contributed by atoms with Crippen LogP contribution >= 0.6 is 23.6 Å². The maximum atomic E-state index is 5.24. The largest absolute Gasteiger partial charge is 0.300 e. The van der Waals surface area contributed by atoms with E-state index >= 15 is 0 Å². The molecule has 3 aromatic rings. The van der Waals surface area contributed by atoms with Crippen LogP contribution in [-0.4, -0.2) is 14.8 Å². The zero-order valence-corrected chi connectivity index (χ0v) is 13.0. The van der Waals surface area contributed by atoms with Crippen molar-refractivity contribution in [2.45, 2.75) is 20.4 Å². The molecule has 0 spiro atoms. The third-order valence-corrected chi connectivity index (χ3v) is 4.68. The van der Waals surface area contributed by atoms with Crippen LogP contribution in [0.25, 0.3) is 21.1 Å². The molecule has 0 bridgehead atoms. The molecule has 0 fully saturated rings. The molecule has 0 aliphatic heterocycles. The quantitative estimate of drug-likeness (QED) is 0.714. The molecule has 0 saturated heterocycles. The van der Waals surface area contributed by atoms with Crippen LogP contribution in [0.5, 0.6) is 0 Å². The number of aromatic nitrogens is 3. The molecule has 0 saturated carbocycles. The fourth-order valence-corrected chi connectivity index (χ4v) is 3.40. The van der Waals surface area contributed by atoms with Gasteiger partial charge in [-0.05, 0) is 43.8 Å². The van der Waals surface area contributed by atoms with Crippen molar-refractivity contribution in [3.63, 3.8) is 0 Å². The summed E-state index contributed by atoms with van der Waals surface area (Å²) in [6.45, 7) is 4.99. The van der Waals surface area contributed by atoms with Crippen molar-refractivity contribution in [2.24, 2.45) is 0 Å². The molecule has 0 atom stereocenters. The van der Waals surface area contributed by atoms with Gasteiger partial charge in [-0.15, -0.1) is 11.3 Å². The van der Waals surface area contributed by atoms with Crippen molar-refractivity contribution in [1.29, 1.82) is 0 Å². The summed E-state index contributed by atoms with van der Waals surface area (Å²) >= 11 is 6.97. The lowest BCUT2D eigenvalue weighted by Gasteiger charge is -2.00. The second-order valence-corrected chi connectivity index (χ2v) is 6.10. The van der Waals surface area contributed by atoms with Crippen LogP contribution in [0.2, 0.25) is 0 Å². The van der Waals surface area contributed by atoms with E-state index < -0.39 is 0 Å². The van der Waals surface area contributed by atoms with Crippen molar-refractivity contribution >= 4 is 23.6 Å². The van der Waals surface area contributed by atoms with E-state index in [4.69, 9.17) is 12.2 Å². The van der Waals surface area contributed by atoms with Gasteiger partial charge in [-0.2, -0.15) is 5.10 Å². The summed E-state index contributed by atoms with van der Waals surface area (Å²) in [7, 11) is 0. The van der Waals surface area contributed by atoms with Crippen LogP contribution < -0.4 is 0 Å². The van der Waals surface area contributed by atoms with Crippen LogP contribution in [-0.2, 0) is 6.54 Å². The Kier molecular flexibility index (Phi) is 3.54. The zero-order chi connectivity index (χ0) is 14.1. The molecular weight excluding hydrogens is 286 g/mol. The number of thiophene rings is 1. The predicted molar refractivity (Wildman–Crippen MR) is 86.6 cm³/mol. The van der Waals surface area contributed by atoms with Crippen LogP contribution in [0.1, 0.15) is 12.5 Å². The van der Waals surface area contributed by atoms with E-state index in [2.05, 4.69) is 60.4 Å². The first-order valence-electron chi connectivity index (χ1n) is 6.51. The summed E-state index contributed by atoms with van der Waals surface area (Å²) in [5, 5.41) is 7.20. The Bertz CT molecular complexity index is 778. The van der Waals surface area contributed by atoms with E-state index in [1.54, 1.807) is 11.3 Å². The van der Waals surface area contributed by atoms with Crippen LogP contribution in [0, 0.1) is 11.7 Å². The van der Waals surface area contributed by atoms with Gasteiger partial charge in [0.05, 0.1) is 4.88 Å². The molecular formula is C15H15N3S2. The maximum absolute atomic E-state index is 5.24. The van der Waals surface area contributed by atoms with Crippen LogP contribution in [0.4, 0.5) is 0 Å². The van der Waals surface area contributed by atoms with Gasteiger partial charge in [-0.25, -0.2) is 0 Å². The molecule has 0 unspecified atom stereocenters. The van der Waals surface area contributed by atoms with Gasteiger partial charge < -0.3 is 0 Å². The monoisotopic (exact) mass is 301 g/mol. The Balaban J connectivity index is 2.01. The topological polar surface area (TPSA) is 33.6 Å². The summed E-state index contributed by atoms with van der Waals surface area (Å²) < 4.78 is 2.69. The molecule has 2 aromatic heterocycles. The number of aromatic amines is 1. The van der Waals surface area contributed by atoms with Crippen molar-refractivity contribution in [2.75, 3.05) is 0 Å². The smallest absolute Gasteiger partial charge is 0.195 e. The summed E-state index contributed by atoms with van der Waals surface area (Å²) in [6, 6.07) is 12.8. The van der Waals surface area contributed by atoms with E-state index in [0.29, 0.717) is 4.77 Å². The maximum Gasteiger partial charge on any atom is 0.195 e. The number of nitrogens with one attached hydrogen (secondary N) is 1. The van der Waals surface area contributed by atoms with E-state index in [9.17, 15) is 0 Å². The van der Waals surface area contributed by atoms with Gasteiger partial charge >= 0.3 is 0 Å². The van der Waals surface area contributed by atoms with Crippen molar-refractivity contribution < 1.29 is 0 Å². The SMILES string of the molecule is CCn1c(-c2ccc(-c3ccc(C)cc3)s2)n[nH]c1=S. The Labute approximate surface area is 126 Å². The summed E-state index contributed by atoms with van der Waals surface area (Å²) in [5.74, 6) is 0.917. The lowest BCUT2D eigenvalue weighted by Crippen LogP contribution is -1.95. The molecule has 5 heteroatoms. The molecule has 0 amide bonds. The average molecular weight is 301 g/mol. The van der Waals surface area contributed by atoms with Crippen molar-refractivity contribution in [1.82, 2.24) is 14.8 Å². The number of hydrogen-bond acceptors (Lipinski definition) is 3. The number of H-pyrrole nitrogens is 1. The van der Waals surface area contributed by atoms with Gasteiger partial charge in [0.1, 0.15) is 0 Å². The highest BCUT2D eigenvalue weighted by molar-refractivity contribution is 7.71. The number of benzene rings is 1. The third kappa shape index (κ3) is 2.34. The normalized spacial score (nSPS) is 10.9. The first kappa shape index (κ1) is 13.3. The molecule has 3 rings (SSSR count). The predicted octanol–water partition coefficient (Wildman–Crippen LogP) is 4.66. The molecule has 1 aromatic carbocycles. The molecule has 20 heavy (non-hydrogen) atoms. The standard InChI is InChI=1S/C15H15N3S2/c1-3-18-14(16-17-15(18)19)13-9-8-12(20-13)11-6-4-10(2)5-7-11/h4-9H,3H2,1-2H3,(H,17,19). The molecule has 3 nitrogen and oxygen atoms in total. The Morgan fingerprint density at radius 1 is 1.15 bits per heavy atom. The first-order chi connectivity index (χ1) is 9.69. The number of hydrogen-bond donors (Lipinski definition) is 1. The van der Waals surface area contributed by atoms with E-state index in [0.717, 1.165) is 17.2 Å².